The van der Waals surface area contributed by atoms with Crippen molar-refractivity contribution in [3.8, 4) is 11.5 Å². The molecule has 3 rings (SSSR count). The van der Waals surface area contributed by atoms with Gasteiger partial charge in [0.2, 0.25) is 5.91 Å². The zero-order valence-electron chi connectivity index (χ0n) is 17.1. The second-order valence-corrected chi connectivity index (χ2v) is 7.53. The maximum absolute atomic E-state index is 12.7. The molecule has 0 aromatic heterocycles. The molecule has 166 valence electrons. The highest BCUT2D eigenvalue weighted by molar-refractivity contribution is 8.18. The zero-order valence-corrected chi connectivity index (χ0v) is 17.9. The number of carbonyl (C=O) groups excluding carboxylic acids is 4. The number of esters is 1. The summed E-state index contributed by atoms with van der Waals surface area (Å²) in [5.74, 6) is -0.678. The van der Waals surface area contributed by atoms with Crippen LogP contribution in [0.4, 0.5) is 4.79 Å². The fraction of sp³-hybridized carbons (Fsp3) is 0.400. The Labute approximate surface area is 183 Å². The molecular weight excluding hydrogens is 428 g/mol. The maximum Gasteiger partial charge on any atom is 0.343 e. The third kappa shape index (κ3) is 5.56. The minimum atomic E-state index is -0.536. The van der Waals surface area contributed by atoms with Crippen LogP contribution in [0.5, 0.6) is 11.5 Å². The van der Waals surface area contributed by atoms with Crippen LogP contribution in [-0.4, -0.2) is 86.5 Å². The first kappa shape index (κ1) is 22.6. The van der Waals surface area contributed by atoms with Gasteiger partial charge >= 0.3 is 5.97 Å². The van der Waals surface area contributed by atoms with Crippen LogP contribution in [0.1, 0.15) is 5.56 Å². The van der Waals surface area contributed by atoms with Gasteiger partial charge < -0.3 is 23.8 Å². The van der Waals surface area contributed by atoms with Crippen molar-refractivity contribution >= 4 is 40.9 Å². The summed E-state index contributed by atoms with van der Waals surface area (Å²) in [6, 6.07) is 4.85. The number of hydrogen-bond donors (Lipinski definition) is 0. The summed E-state index contributed by atoms with van der Waals surface area (Å²) in [5, 5.41) is -0.497. The highest BCUT2D eigenvalue weighted by Crippen LogP contribution is 2.34. The molecule has 2 heterocycles. The molecule has 2 saturated heterocycles. The van der Waals surface area contributed by atoms with Gasteiger partial charge in [-0.05, 0) is 35.5 Å². The van der Waals surface area contributed by atoms with Gasteiger partial charge in [0, 0.05) is 13.1 Å². The van der Waals surface area contributed by atoms with Crippen LogP contribution in [0.25, 0.3) is 6.08 Å². The SMILES string of the molecule is COC(=O)COc1ccc(/C=C2/SC(=O)N(CC(=O)N3CCOCC3)C2=O)cc1OC. The number of amides is 3. The Morgan fingerprint density at radius 1 is 1.16 bits per heavy atom. The zero-order chi connectivity index (χ0) is 22.4. The van der Waals surface area contributed by atoms with E-state index in [1.54, 1.807) is 23.1 Å². The third-order valence-corrected chi connectivity index (χ3v) is 5.50. The molecule has 0 N–H and O–H groups in total. The number of thioether (sulfide) groups is 1. The average molecular weight is 450 g/mol. The lowest BCUT2D eigenvalue weighted by Gasteiger charge is -2.28. The van der Waals surface area contributed by atoms with E-state index in [4.69, 9.17) is 14.2 Å². The standard InChI is InChI=1S/C20H22N2O8S/c1-27-15-9-13(3-4-14(15)30-12-18(24)28-2)10-16-19(25)22(20(26)31-16)11-17(23)21-5-7-29-8-6-21/h3-4,9-10H,5-8,11-12H2,1-2H3/b16-10+. The van der Waals surface area contributed by atoms with Crippen LogP contribution in [0.2, 0.25) is 0 Å². The van der Waals surface area contributed by atoms with Gasteiger partial charge in [-0.25, -0.2) is 4.79 Å². The largest absolute Gasteiger partial charge is 0.493 e. The number of imide groups is 1. The van der Waals surface area contributed by atoms with E-state index in [1.165, 1.54) is 20.3 Å². The highest BCUT2D eigenvalue weighted by Gasteiger charge is 2.37. The topological polar surface area (TPSA) is 112 Å². The lowest BCUT2D eigenvalue weighted by molar-refractivity contribution is -0.143. The molecule has 0 bridgehead atoms. The van der Waals surface area contributed by atoms with E-state index in [1.807, 2.05) is 0 Å². The Kier molecular flexibility index (Phi) is 7.53. The van der Waals surface area contributed by atoms with E-state index in [0.29, 0.717) is 43.4 Å². The van der Waals surface area contributed by atoms with Crippen molar-refractivity contribution in [2.75, 3.05) is 53.7 Å². The van der Waals surface area contributed by atoms with Crippen LogP contribution in [0, 0.1) is 0 Å². The van der Waals surface area contributed by atoms with Crippen molar-refractivity contribution in [2.45, 2.75) is 0 Å². The molecule has 0 spiro atoms. The fourth-order valence-electron chi connectivity index (χ4n) is 2.92. The van der Waals surface area contributed by atoms with Gasteiger partial charge in [-0.1, -0.05) is 6.07 Å². The molecule has 2 aliphatic rings. The molecule has 0 radical (unpaired) electrons. The smallest absolute Gasteiger partial charge is 0.343 e. The van der Waals surface area contributed by atoms with Gasteiger partial charge in [0.15, 0.2) is 18.1 Å². The lowest BCUT2D eigenvalue weighted by Crippen LogP contribution is -2.46. The molecule has 0 aliphatic carbocycles. The van der Waals surface area contributed by atoms with Gasteiger partial charge in [-0.15, -0.1) is 0 Å². The summed E-state index contributed by atoms with van der Waals surface area (Å²) in [6.07, 6.45) is 1.54. The molecule has 0 unspecified atom stereocenters. The summed E-state index contributed by atoms with van der Waals surface area (Å²) in [4.78, 5) is 51.3. The monoisotopic (exact) mass is 450 g/mol. The maximum atomic E-state index is 12.7. The van der Waals surface area contributed by atoms with Crippen molar-refractivity contribution in [1.29, 1.82) is 0 Å². The molecule has 1 aromatic carbocycles. The molecule has 31 heavy (non-hydrogen) atoms. The minimum absolute atomic E-state index is 0.199. The van der Waals surface area contributed by atoms with Gasteiger partial charge in [0.25, 0.3) is 11.1 Å². The average Bonchev–Trinajstić information content (AvgIpc) is 3.05. The summed E-state index contributed by atoms with van der Waals surface area (Å²) in [7, 11) is 2.70. The van der Waals surface area contributed by atoms with Gasteiger partial charge in [-0.2, -0.15) is 0 Å². The van der Waals surface area contributed by atoms with E-state index in [9.17, 15) is 19.2 Å². The Morgan fingerprint density at radius 2 is 1.90 bits per heavy atom. The summed E-state index contributed by atoms with van der Waals surface area (Å²) in [5.41, 5.74) is 0.590. The molecule has 10 nitrogen and oxygen atoms in total. The third-order valence-electron chi connectivity index (χ3n) is 4.59. The van der Waals surface area contributed by atoms with E-state index in [2.05, 4.69) is 4.74 Å². The van der Waals surface area contributed by atoms with Crippen LogP contribution < -0.4 is 9.47 Å². The number of ether oxygens (including phenoxy) is 4. The Morgan fingerprint density at radius 3 is 2.58 bits per heavy atom. The minimum Gasteiger partial charge on any atom is -0.493 e. The molecule has 11 heteroatoms. The summed E-state index contributed by atoms with van der Waals surface area (Å²) < 4.78 is 20.4. The fourth-order valence-corrected chi connectivity index (χ4v) is 3.76. The van der Waals surface area contributed by atoms with Crippen molar-refractivity contribution < 1.29 is 38.1 Å². The van der Waals surface area contributed by atoms with Crippen LogP contribution >= 0.6 is 11.8 Å². The normalized spacial score (nSPS) is 17.8. The Balaban J connectivity index is 1.70. The van der Waals surface area contributed by atoms with Crippen molar-refractivity contribution in [2.24, 2.45) is 0 Å². The van der Waals surface area contributed by atoms with E-state index >= 15 is 0 Å². The molecule has 1 aromatic rings. The summed E-state index contributed by atoms with van der Waals surface area (Å²) >= 11 is 0.770. The number of benzene rings is 1. The van der Waals surface area contributed by atoms with Crippen LogP contribution in [0.15, 0.2) is 23.1 Å². The molecule has 2 fully saturated rings. The van der Waals surface area contributed by atoms with Crippen molar-refractivity contribution in [3.05, 3.63) is 28.7 Å². The summed E-state index contributed by atoms with van der Waals surface area (Å²) in [6.45, 7) is 1.18. The number of morpholine rings is 1. The predicted molar refractivity (Wildman–Crippen MR) is 111 cm³/mol. The number of methoxy groups -OCH3 is 2. The second kappa shape index (κ2) is 10.3. The second-order valence-electron chi connectivity index (χ2n) is 6.54. The quantitative estimate of drug-likeness (QED) is 0.446. The molecular formula is C20H22N2O8S. The molecule has 3 amide bonds. The van der Waals surface area contributed by atoms with Crippen molar-refractivity contribution in [1.82, 2.24) is 9.80 Å². The van der Waals surface area contributed by atoms with Crippen LogP contribution in [-0.2, 0) is 23.9 Å². The van der Waals surface area contributed by atoms with Crippen LogP contribution in [0.3, 0.4) is 0 Å². The number of nitrogens with zero attached hydrogens (tertiary/aromatic N) is 2. The molecule has 0 saturated carbocycles. The van der Waals surface area contributed by atoms with E-state index in [0.717, 1.165) is 16.7 Å². The first-order valence-corrected chi connectivity index (χ1v) is 10.2. The van der Waals surface area contributed by atoms with Gasteiger partial charge in [-0.3, -0.25) is 19.3 Å². The Bertz CT molecular complexity index is 910. The first-order valence-electron chi connectivity index (χ1n) is 9.41. The van der Waals surface area contributed by atoms with E-state index in [-0.39, 0.29) is 24.0 Å². The van der Waals surface area contributed by atoms with Crippen molar-refractivity contribution in [3.63, 3.8) is 0 Å². The number of rotatable bonds is 7. The van der Waals surface area contributed by atoms with Gasteiger partial charge in [0.05, 0.1) is 32.3 Å². The first-order chi connectivity index (χ1) is 14.9. The molecule has 2 aliphatic heterocycles. The number of hydrogen-bond acceptors (Lipinski definition) is 9. The predicted octanol–water partition coefficient (Wildman–Crippen LogP) is 1.14. The van der Waals surface area contributed by atoms with E-state index < -0.39 is 17.1 Å². The van der Waals surface area contributed by atoms with Gasteiger partial charge in [0.1, 0.15) is 6.54 Å². The lowest BCUT2D eigenvalue weighted by atomic mass is 10.2. The molecule has 0 atom stereocenters. The Hall–Kier alpha value is -3.05. The highest BCUT2D eigenvalue weighted by atomic mass is 32.2. The number of carbonyl (C=O) groups is 4.